The zero-order chi connectivity index (χ0) is 20.5. The molecular weight excluding hydrogens is 373 g/mol. The second-order valence-corrected chi connectivity index (χ2v) is 6.19. The first-order valence-corrected chi connectivity index (χ1v) is 9.13. The maximum absolute atomic E-state index is 13.7. The second kappa shape index (κ2) is 10.1. The maximum Gasteiger partial charge on any atom is 0.253 e. The minimum atomic E-state index is -0.279. The fourth-order valence-electron chi connectivity index (χ4n) is 2.61. The van der Waals surface area contributed by atoms with Crippen LogP contribution in [0.4, 0.5) is 10.1 Å². The number of aromatic nitrogens is 1. The van der Waals surface area contributed by atoms with Gasteiger partial charge in [0.25, 0.3) is 5.91 Å². The van der Waals surface area contributed by atoms with Crippen molar-refractivity contribution in [3.05, 3.63) is 83.9 Å². The topological polar surface area (TPSA) is 72.5 Å². The number of hydrogen-bond donors (Lipinski definition) is 2. The molecule has 0 spiro atoms. The lowest BCUT2D eigenvalue weighted by atomic mass is 10.2. The van der Waals surface area contributed by atoms with Crippen molar-refractivity contribution >= 4 is 11.6 Å². The molecule has 150 valence electrons. The molecular formula is C22H22FN3O3. The lowest BCUT2D eigenvalue weighted by molar-refractivity contribution is 0.0946. The van der Waals surface area contributed by atoms with Gasteiger partial charge in [0, 0.05) is 24.5 Å². The lowest BCUT2D eigenvalue weighted by Gasteiger charge is -2.10. The highest BCUT2D eigenvalue weighted by Crippen LogP contribution is 2.17. The Hall–Kier alpha value is -3.61. The van der Waals surface area contributed by atoms with Crippen molar-refractivity contribution in [1.29, 1.82) is 0 Å². The summed E-state index contributed by atoms with van der Waals surface area (Å²) >= 11 is 0. The Labute approximate surface area is 168 Å². The normalized spacial score (nSPS) is 10.3. The molecule has 0 aliphatic heterocycles. The molecule has 0 atom stereocenters. The molecule has 1 heterocycles. The highest BCUT2D eigenvalue weighted by atomic mass is 19.1. The average Bonchev–Trinajstić information content (AvgIpc) is 2.76. The number of anilines is 1. The Morgan fingerprint density at radius 3 is 2.59 bits per heavy atom. The van der Waals surface area contributed by atoms with Crippen LogP contribution < -0.4 is 20.1 Å². The zero-order valence-electron chi connectivity index (χ0n) is 16.0. The number of ether oxygens (including phenoxy) is 2. The van der Waals surface area contributed by atoms with Crippen LogP contribution in [0.3, 0.4) is 0 Å². The number of methoxy groups -OCH3 is 1. The van der Waals surface area contributed by atoms with E-state index < -0.39 is 0 Å². The first kappa shape index (κ1) is 20.1. The van der Waals surface area contributed by atoms with Gasteiger partial charge in [-0.3, -0.25) is 9.78 Å². The summed E-state index contributed by atoms with van der Waals surface area (Å²) in [6.07, 6.45) is 3.07. The van der Waals surface area contributed by atoms with E-state index in [1.54, 1.807) is 61.8 Å². The second-order valence-electron chi connectivity index (χ2n) is 6.19. The number of hydrogen-bond acceptors (Lipinski definition) is 5. The molecule has 2 aromatic carbocycles. The molecule has 29 heavy (non-hydrogen) atoms. The van der Waals surface area contributed by atoms with Crippen LogP contribution in [-0.4, -0.2) is 31.2 Å². The lowest BCUT2D eigenvalue weighted by Crippen LogP contribution is -2.28. The van der Waals surface area contributed by atoms with Gasteiger partial charge in [0.05, 0.1) is 24.9 Å². The summed E-state index contributed by atoms with van der Waals surface area (Å²) in [5, 5.41) is 5.86. The Morgan fingerprint density at radius 2 is 1.83 bits per heavy atom. The van der Waals surface area contributed by atoms with E-state index >= 15 is 0 Å². The fraction of sp³-hybridized carbons (Fsp3) is 0.182. The van der Waals surface area contributed by atoms with Gasteiger partial charge in [0.1, 0.15) is 23.9 Å². The molecule has 1 aromatic heterocycles. The largest absolute Gasteiger partial charge is 0.497 e. The molecule has 7 heteroatoms. The molecule has 0 aliphatic carbocycles. The molecule has 0 bridgehead atoms. The van der Waals surface area contributed by atoms with Gasteiger partial charge in [0.2, 0.25) is 0 Å². The Morgan fingerprint density at radius 1 is 1.07 bits per heavy atom. The quantitative estimate of drug-likeness (QED) is 0.541. The number of halogens is 1. The number of rotatable bonds is 9. The standard InChI is InChI=1S/C22H22FN3O3/c1-28-19-6-8-20(9-7-19)29-11-10-25-22(27)17-12-18(15-24-13-17)26-14-16-4-2-3-5-21(16)23/h2-9,12-13,15,26H,10-11,14H2,1H3,(H,25,27). The Balaban J connectivity index is 1.46. The smallest absolute Gasteiger partial charge is 0.253 e. The molecule has 0 fully saturated rings. The van der Waals surface area contributed by atoms with E-state index in [0.29, 0.717) is 42.3 Å². The third-order valence-electron chi connectivity index (χ3n) is 4.16. The maximum atomic E-state index is 13.7. The molecule has 0 saturated heterocycles. The van der Waals surface area contributed by atoms with Gasteiger partial charge in [-0.15, -0.1) is 0 Å². The van der Waals surface area contributed by atoms with Crippen molar-refractivity contribution in [3.8, 4) is 11.5 Å². The first-order chi connectivity index (χ1) is 14.2. The van der Waals surface area contributed by atoms with Crippen LogP contribution in [0.15, 0.2) is 67.0 Å². The van der Waals surface area contributed by atoms with Gasteiger partial charge in [0.15, 0.2) is 0 Å². The van der Waals surface area contributed by atoms with Crippen molar-refractivity contribution in [2.75, 3.05) is 25.6 Å². The number of carbonyl (C=O) groups excluding carboxylic acids is 1. The predicted octanol–water partition coefficient (Wildman–Crippen LogP) is 3.65. The summed E-state index contributed by atoms with van der Waals surface area (Å²) in [5.74, 6) is 0.909. The van der Waals surface area contributed by atoms with Gasteiger partial charge in [-0.05, 0) is 36.4 Å². The van der Waals surface area contributed by atoms with Crippen LogP contribution in [0.2, 0.25) is 0 Å². The highest BCUT2D eigenvalue weighted by molar-refractivity contribution is 5.94. The number of nitrogens with one attached hydrogen (secondary N) is 2. The van der Waals surface area contributed by atoms with Crippen LogP contribution in [0.5, 0.6) is 11.5 Å². The van der Waals surface area contributed by atoms with Gasteiger partial charge in [-0.2, -0.15) is 0 Å². The SMILES string of the molecule is COc1ccc(OCCNC(=O)c2cncc(NCc3ccccc3F)c2)cc1. The zero-order valence-corrected chi connectivity index (χ0v) is 16.0. The number of amides is 1. The van der Waals surface area contributed by atoms with E-state index in [0.717, 1.165) is 5.75 Å². The molecule has 3 rings (SSSR count). The fourth-order valence-corrected chi connectivity index (χ4v) is 2.61. The highest BCUT2D eigenvalue weighted by Gasteiger charge is 2.07. The Kier molecular flexibility index (Phi) is 7.00. The van der Waals surface area contributed by atoms with Crippen molar-refractivity contribution in [2.24, 2.45) is 0 Å². The molecule has 3 aromatic rings. The van der Waals surface area contributed by atoms with Crippen molar-refractivity contribution < 1.29 is 18.7 Å². The minimum Gasteiger partial charge on any atom is -0.497 e. The van der Waals surface area contributed by atoms with Crippen molar-refractivity contribution in [2.45, 2.75) is 6.54 Å². The summed E-state index contributed by atoms with van der Waals surface area (Å²) < 4.78 is 24.4. The summed E-state index contributed by atoms with van der Waals surface area (Å²) in [6.45, 7) is 0.976. The third kappa shape index (κ3) is 5.93. The molecule has 2 N–H and O–H groups in total. The monoisotopic (exact) mass is 395 g/mol. The summed E-state index contributed by atoms with van der Waals surface area (Å²) in [5.41, 5.74) is 1.58. The van der Waals surface area contributed by atoms with Gasteiger partial charge >= 0.3 is 0 Å². The van der Waals surface area contributed by atoms with E-state index in [9.17, 15) is 9.18 Å². The van der Waals surface area contributed by atoms with Crippen LogP contribution in [-0.2, 0) is 6.54 Å². The molecule has 6 nitrogen and oxygen atoms in total. The molecule has 0 saturated carbocycles. The summed E-state index contributed by atoms with van der Waals surface area (Å²) in [4.78, 5) is 16.4. The Bertz CT molecular complexity index is 948. The van der Waals surface area contributed by atoms with Gasteiger partial charge in [-0.25, -0.2) is 4.39 Å². The third-order valence-corrected chi connectivity index (χ3v) is 4.16. The summed E-state index contributed by atoms with van der Waals surface area (Å²) in [7, 11) is 1.60. The van der Waals surface area contributed by atoms with Crippen LogP contribution in [0.25, 0.3) is 0 Å². The predicted molar refractivity (Wildman–Crippen MR) is 109 cm³/mol. The van der Waals surface area contributed by atoms with Crippen LogP contribution in [0, 0.1) is 5.82 Å². The number of nitrogens with zero attached hydrogens (tertiary/aromatic N) is 1. The number of pyridine rings is 1. The van der Waals surface area contributed by atoms with E-state index in [-0.39, 0.29) is 11.7 Å². The van der Waals surface area contributed by atoms with Crippen LogP contribution in [0.1, 0.15) is 15.9 Å². The number of benzene rings is 2. The van der Waals surface area contributed by atoms with Gasteiger partial charge in [-0.1, -0.05) is 18.2 Å². The molecule has 0 radical (unpaired) electrons. The van der Waals surface area contributed by atoms with E-state index in [1.807, 2.05) is 0 Å². The van der Waals surface area contributed by atoms with E-state index in [2.05, 4.69) is 15.6 Å². The van der Waals surface area contributed by atoms with Crippen molar-refractivity contribution in [1.82, 2.24) is 10.3 Å². The number of carbonyl (C=O) groups is 1. The average molecular weight is 395 g/mol. The van der Waals surface area contributed by atoms with Gasteiger partial charge < -0.3 is 20.1 Å². The molecule has 0 aliphatic rings. The minimum absolute atomic E-state index is 0.259. The summed E-state index contributed by atoms with van der Waals surface area (Å²) in [6, 6.07) is 15.4. The van der Waals surface area contributed by atoms with Crippen molar-refractivity contribution in [3.63, 3.8) is 0 Å². The molecule has 1 amide bonds. The van der Waals surface area contributed by atoms with E-state index in [1.165, 1.54) is 12.3 Å². The van der Waals surface area contributed by atoms with Crippen LogP contribution >= 0.6 is 0 Å². The molecule has 0 unspecified atom stereocenters. The first-order valence-electron chi connectivity index (χ1n) is 9.13. The van der Waals surface area contributed by atoms with E-state index in [4.69, 9.17) is 9.47 Å².